The van der Waals surface area contributed by atoms with Crippen LogP contribution in [0.4, 0.5) is 0 Å². The Labute approximate surface area is 137 Å². The topological polar surface area (TPSA) is 102 Å². The molecule has 0 aliphatic heterocycles. The molecule has 2 N–H and O–H groups in total. The molecule has 2 atom stereocenters. The molecule has 0 radical (unpaired) electrons. The molecule has 0 aromatic heterocycles. The lowest BCUT2D eigenvalue weighted by Gasteiger charge is -2.36. The van der Waals surface area contributed by atoms with Crippen LogP contribution in [0.1, 0.15) is 46.5 Å². The molecule has 0 aromatic rings. The third-order valence-corrected chi connectivity index (χ3v) is 6.89. The number of ketones is 1. The van der Waals surface area contributed by atoms with Crippen LogP contribution in [-0.4, -0.2) is 39.1 Å². The Balaban J connectivity index is 1.91. The molecule has 0 amide bonds. The smallest absolute Gasteiger partial charge is 0.307 e. The Morgan fingerprint density at radius 1 is 1.39 bits per heavy atom. The third kappa shape index (κ3) is 3.44. The van der Waals surface area contributed by atoms with Gasteiger partial charge in [-0.2, -0.15) is 4.83 Å². The van der Waals surface area contributed by atoms with Gasteiger partial charge in [0, 0.05) is 18.4 Å². The van der Waals surface area contributed by atoms with Crippen LogP contribution in [0.5, 0.6) is 0 Å². The van der Waals surface area contributed by atoms with Gasteiger partial charge in [-0.3, -0.25) is 9.59 Å². The summed E-state index contributed by atoms with van der Waals surface area (Å²) in [5.41, 5.74) is 1.46. The second kappa shape index (κ2) is 6.49. The lowest BCUT2D eigenvalue weighted by Crippen LogP contribution is -2.48. The van der Waals surface area contributed by atoms with Gasteiger partial charge in [0.2, 0.25) is 10.0 Å². The fourth-order valence-corrected chi connectivity index (χ4v) is 5.75. The van der Waals surface area contributed by atoms with Gasteiger partial charge in [-0.15, -0.1) is 0 Å². The van der Waals surface area contributed by atoms with Crippen LogP contribution < -0.4 is 10.3 Å². The highest BCUT2D eigenvalue weighted by Gasteiger charge is 2.65. The first-order chi connectivity index (χ1) is 10.6. The van der Waals surface area contributed by atoms with Gasteiger partial charge in [-0.1, -0.05) is 13.8 Å². The number of Topliss-reactive ketones (excluding diaryl/α,β-unsaturated/α-hetero) is 1. The summed E-state index contributed by atoms with van der Waals surface area (Å²) in [6.07, 6.45) is 2.10. The summed E-state index contributed by atoms with van der Waals surface area (Å²) >= 11 is 0. The van der Waals surface area contributed by atoms with E-state index in [2.05, 4.69) is 10.3 Å². The van der Waals surface area contributed by atoms with Crippen LogP contribution >= 0.6 is 0 Å². The van der Waals surface area contributed by atoms with Crippen LogP contribution in [0.25, 0.3) is 0 Å². The minimum Gasteiger partial charge on any atom is -0.466 e. The van der Waals surface area contributed by atoms with E-state index in [9.17, 15) is 18.0 Å². The molecule has 7 nitrogen and oxygen atoms in total. The number of hydrogen-bond acceptors (Lipinski definition) is 6. The van der Waals surface area contributed by atoms with Crippen molar-refractivity contribution in [3.8, 4) is 0 Å². The Hall–Kier alpha value is -0.990. The van der Waals surface area contributed by atoms with Gasteiger partial charge in [0.05, 0.1) is 18.8 Å². The van der Waals surface area contributed by atoms with Crippen LogP contribution in [0.15, 0.2) is 0 Å². The Morgan fingerprint density at radius 3 is 2.61 bits per heavy atom. The molecule has 0 aromatic carbocycles. The molecule has 2 saturated carbocycles. The van der Waals surface area contributed by atoms with Crippen LogP contribution in [0, 0.1) is 16.7 Å². The fourth-order valence-electron chi connectivity index (χ4n) is 4.03. The Kier molecular flexibility index (Phi) is 5.18. The van der Waals surface area contributed by atoms with Crippen LogP contribution in [0.2, 0.25) is 0 Å². The predicted molar refractivity (Wildman–Crippen MR) is 84.7 cm³/mol. The number of sulfonamides is 1. The summed E-state index contributed by atoms with van der Waals surface area (Å²) in [6.45, 7) is 6.15. The summed E-state index contributed by atoms with van der Waals surface area (Å²) in [4.78, 5) is 25.8. The van der Waals surface area contributed by atoms with Crippen LogP contribution in [0.3, 0.4) is 0 Å². The van der Waals surface area contributed by atoms with Gasteiger partial charge >= 0.3 is 5.97 Å². The van der Waals surface area contributed by atoms with Crippen LogP contribution in [-0.2, 0) is 24.3 Å². The molecule has 0 saturated heterocycles. The van der Waals surface area contributed by atoms with Crippen molar-refractivity contribution in [2.24, 2.45) is 16.7 Å². The maximum Gasteiger partial charge on any atom is 0.307 e. The lowest BCUT2D eigenvalue weighted by atomic mass is 9.70. The first-order valence-corrected chi connectivity index (χ1v) is 9.71. The first kappa shape index (κ1) is 18.4. The number of carbonyl (C=O) groups is 2. The van der Waals surface area contributed by atoms with Gasteiger partial charge in [-0.25, -0.2) is 13.8 Å². The monoisotopic (exact) mass is 346 g/mol. The second-order valence-corrected chi connectivity index (χ2v) is 8.73. The van der Waals surface area contributed by atoms with Gasteiger partial charge < -0.3 is 4.74 Å². The summed E-state index contributed by atoms with van der Waals surface area (Å²) in [5, 5.41) is 0. The highest BCUT2D eigenvalue weighted by molar-refractivity contribution is 7.89. The quantitative estimate of drug-likeness (QED) is 0.382. The number of hydrazine groups is 1. The van der Waals surface area contributed by atoms with Gasteiger partial charge in [0.1, 0.15) is 5.78 Å². The number of rotatable bonds is 8. The molecule has 0 spiro atoms. The second-order valence-electron chi connectivity index (χ2n) is 7.01. The number of carbonyl (C=O) groups excluding carboxylic acids is 2. The molecular formula is C15H26N2O5S. The van der Waals surface area contributed by atoms with Crippen molar-refractivity contribution in [3.05, 3.63) is 0 Å². The fraction of sp³-hybridized carbons (Fsp3) is 0.867. The zero-order valence-corrected chi connectivity index (χ0v) is 14.8. The van der Waals surface area contributed by atoms with E-state index >= 15 is 0 Å². The van der Waals surface area contributed by atoms with E-state index in [4.69, 9.17) is 4.74 Å². The molecule has 1 unspecified atom stereocenters. The van der Waals surface area contributed by atoms with E-state index in [1.54, 1.807) is 6.92 Å². The van der Waals surface area contributed by atoms with E-state index in [0.29, 0.717) is 19.4 Å². The maximum absolute atomic E-state index is 12.4. The summed E-state index contributed by atoms with van der Waals surface area (Å²) < 4.78 is 29.4. The van der Waals surface area contributed by atoms with Gasteiger partial charge in [0.15, 0.2) is 0 Å². The molecule has 132 valence electrons. The zero-order valence-electron chi connectivity index (χ0n) is 14.0. The van der Waals surface area contributed by atoms with Crippen molar-refractivity contribution in [3.63, 3.8) is 0 Å². The number of nitrogens with one attached hydrogen (secondary N) is 2. The molecule has 8 heteroatoms. The molecule has 23 heavy (non-hydrogen) atoms. The van der Waals surface area contributed by atoms with Crippen molar-refractivity contribution >= 4 is 21.8 Å². The number of ether oxygens (including phenoxy) is 1. The minimum absolute atomic E-state index is 0.0654. The Morgan fingerprint density at radius 2 is 2.09 bits per heavy atom. The van der Waals surface area contributed by atoms with E-state index in [1.165, 1.54) is 0 Å². The lowest BCUT2D eigenvalue weighted by molar-refractivity contribution is -0.143. The molecule has 2 fully saturated rings. The number of esters is 1. The maximum atomic E-state index is 12.4. The molecule has 0 heterocycles. The van der Waals surface area contributed by atoms with Crippen molar-refractivity contribution in [2.75, 3.05) is 18.9 Å². The summed E-state index contributed by atoms with van der Waals surface area (Å²) in [7, 11) is -3.66. The summed E-state index contributed by atoms with van der Waals surface area (Å²) in [6, 6.07) is 0. The molecular weight excluding hydrogens is 320 g/mol. The Bertz CT molecular complexity index is 587. The highest BCUT2D eigenvalue weighted by atomic mass is 32.2. The average Bonchev–Trinajstić information content (AvgIpc) is 2.77. The summed E-state index contributed by atoms with van der Waals surface area (Å²) in [5.74, 6) is -0.240. The normalized spacial score (nSPS) is 29.0. The SMILES string of the molecule is CCOC(=O)CCNNS(=O)(=O)C[C@]12CCC(CC1=O)C2(C)C. The third-order valence-electron chi connectivity index (χ3n) is 5.56. The van der Waals surface area contributed by atoms with E-state index < -0.39 is 15.4 Å². The molecule has 2 aliphatic carbocycles. The predicted octanol–water partition coefficient (Wildman–Crippen LogP) is 0.759. The minimum atomic E-state index is -3.66. The van der Waals surface area contributed by atoms with E-state index in [-0.39, 0.29) is 41.8 Å². The molecule has 2 rings (SSSR count). The number of fused-ring (bicyclic) bond motifs is 2. The molecule has 2 aliphatic rings. The van der Waals surface area contributed by atoms with Gasteiger partial charge in [-0.05, 0) is 31.1 Å². The van der Waals surface area contributed by atoms with Crippen molar-refractivity contribution in [1.82, 2.24) is 10.3 Å². The average molecular weight is 346 g/mol. The standard InChI is InChI=1S/C15H26N2O5S/c1-4-22-13(19)6-8-16-17-23(20,21)10-15-7-5-11(9-12(15)18)14(15,2)3/h11,16-17H,4-10H2,1-3H3/t11?,15-/m1/s1. The van der Waals surface area contributed by atoms with E-state index in [1.807, 2.05) is 13.8 Å². The van der Waals surface area contributed by atoms with E-state index in [0.717, 1.165) is 6.42 Å². The van der Waals surface area contributed by atoms with Gasteiger partial charge in [0.25, 0.3) is 0 Å². The van der Waals surface area contributed by atoms with Crippen molar-refractivity contribution in [2.45, 2.75) is 46.5 Å². The zero-order chi connectivity index (χ0) is 17.3. The molecule has 2 bridgehead atoms. The number of hydrogen-bond donors (Lipinski definition) is 2. The van der Waals surface area contributed by atoms with Crippen molar-refractivity contribution < 1.29 is 22.7 Å². The largest absolute Gasteiger partial charge is 0.466 e. The van der Waals surface area contributed by atoms with Crippen molar-refractivity contribution in [1.29, 1.82) is 0 Å². The highest BCUT2D eigenvalue weighted by Crippen LogP contribution is 2.64. The first-order valence-electron chi connectivity index (χ1n) is 8.06.